The van der Waals surface area contributed by atoms with E-state index < -0.39 is 11.6 Å². The lowest BCUT2D eigenvalue weighted by Gasteiger charge is -2.19. The van der Waals surface area contributed by atoms with E-state index in [4.69, 9.17) is 4.74 Å². The second kappa shape index (κ2) is 6.68. The number of rotatable bonds is 5. The molecule has 0 spiro atoms. The fraction of sp³-hybridized carbons (Fsp3) is 0.294. The molecule has 4 heteroatoms. The molecule has 2 aromatic carbocycles. The van der Waals surface area contributed by atoms with Crippen molar-refractivity contribution in [3.05, 3.63) is 64.7 Å². The van der Waals surface area contributed by atoms with Crippen molar-refractivity contribution in [2.45, 2.75) is 19.9 Å². The summed E-state index contributed by atoms with van der Waals surface area (Å²) in [6, 6.07) is 9.58. The number of aryl methyl sites for hydroxylation is 1. The van der Waals surface area contributed by atoms with E-state index in [0.29, 0.717) is 17.7 Å². The maximum atomic E-state index is 14.1. The Hall–Kier alpha value is -1.94. The molecule has 0 aliphatic heterocycles. The molecular formula is C17H19F2NO. The summed E-state index contributed by atoms with van der Waals surface area (Å²) in [5, 5.41) is 3.07. The van der Waals surface area contributed by atoms with Crippen molar-refractivity contribution < 1.29 is 13.5 Å². The van der Waals surface area contributed by atoms with Crippen molar-refractivity contribution in [3.8, 4) is 5.75 Å². The Bertz CT molecular complexity index is 628. The molecule has 2 nitrogen and oxygen atoms in total. The molecule has 0 fully saturated rings. The Labute approximate surface area is 123 Å². The Kier molecular flexibility index (Phi) is 4.91. The molecule has 0 aliphatic rings. The van der Waals surface area contributed by atoms with Gasteiger partial charge >= 0.3 is 0 Å². The number of hydrogen-bond acceptors (Lipinski definition) is 2. The van der Waals surface area contributed by atoms with Crippen molar-refractivity contribution in [1.82, 2.24) is 5.32 Å². The second-order valence-corrected chi connectivity index (χ2v) is 4.85. The zero-order valence-electron chi connectivity index (χ0n) is 12.4. The molecule has 0 aliphatic carbocycles. The number of hydrogen-bond donors (Lipinski definition) is 1. The third-order valence-corrected chi connectivity index (χ3v) is 3.38. The lowest BCUT2D eigenvalue weighted by molar-refractivity contribution is 0.339. The Morgan fingerprint density at radius 3 is 2.57 bits per heavy atom. The predicted molar refractivity (Wildman–Crippen MR) is 79.6 cm³/mol. The average Bonchev–Trinajstić information content (AvgIpc) is 2.46. The van der Waals surface area contributed by atoms with Gasteiger partial charge in [0.05, 0.1) is 12.6 Å². The van der Waals surface area contributed by atoms with Crippen LogP contribution in [0.4, 0.5) is 8.78 Å². The molecule has 0 amide bonds. The van der Waals surface area contributed by atoms with Crippen LogP contribution in [0.1, 0.15) is 29.7 Å². The molecule has 1 atom stereocenters. The maximum Gasteiger partial charge on any atom is 0.131 e. The fourth-order valence-electron chi connectivity index (χ4n) is 2.35. The number of benzene rings is 2. The zero-order chi connectivity index (χ0) is 15.4. The van der Waals surface area contributed by atoms with Gasteiger partial charge < -0.3 is 10.1 Å². The molecular weight excluding hydrogens is 272 g/mol. The highest BCUT2D eigenvalue weighted by Crippen LogP contribution is 2.28. The highest BCUT2D eigenvalue weighted by atomic mass is 19.1. The summed E-state index contributed by atoms with van der Waals surface area (Å²) in [7, 11) is 1.75. The normalized spacial score (nSPS) is 12.2. The zero-order valence-corrected chi connectivity index (χ0v) is 12.4. The van der Waals surface area contributed by atoms with Crippen LogP contribution in [-0.2, 0) is 0 Å². The minimum atomic E-state index is -0.556. The van der Waals surface area contributed by atoms with E-state index in [1.165, 1.54) is 0 Å². The van der Waals surface area contributed by atoms with E-state index in [0.717, 1.165) is 17.4 Å². The SMILES string of the molecule is CCOc1cccc(C(NC)c2cc(C)c(F)cc2F)c1. The minimum Gasteiger partial charge on any atom is -0.494 e. The van der Waals surface area contributed by atoms with Gasteiger partial charge in [-0.3, -0.25) is 0 Å². The topological polar surface area (TPSA) is 21.3 Å². The monoisotopic (exact) mass is 291 g/mol. The molecule has 1 N–H and O–H groups in total. The van der Waals surface area contributed by atoms with Crippen LogP contribution in [0.2, 0.25) is 0 Å². The Morgan fingerprint density at radius 2 is 1.90 bits per heavy atom. The van der Waals surface area contributed by atoms with Crippen LogP contribution in [-0.4, -0.2) is 13.7 Å². The first-order chi connectivity index (χ1) is 10.1. The molecule has 0 radical (unpaired) electrons. The van der Waals surface area contributed by atoms with Crippen LogP contribution in [0.5, 0.6) is 5.75 Å². The second-order valence-electron chi connectivity index (χ2n) is 4.85. The standard InChI is InChI=1S/C17H19F2NO/c1-4-21-13-7-5-6-12(9-13)17(20-3)14-8-11(2)15(18)10-16(14)19/h5-10,17,20H,4H2,1-3H3. The summed E-state index contributed by atoms with van der Waals surface area (Å²) < 4.78 is 33.0. The quantitative estimate of drug-likeness (QED) is 0.899. The lowest BCUT2D eigenvalue weighted by atomic mass is 9.96. The summed E-state index contributed by atoms with van der Waals surface area (Å²) >= 11 is 0. The Morgan fingerprint density at radius 1 is 1.14 bits per heavy atom. The number of halogens is 2. The van der Waals surface area contributed by atoms with Gasteiger partial charge in [0, 0.05) is 11.6 Å². The van der Waals surface area contributed by atoms with Crippen LogP contribution < -0.4 is 10.1 Å². The van der Waals surface area contributed by atoms with E-state index >= 15 is 0 Å². The summed E-state index contributed by atoms with van der Waals surface area (Å²) in [5.41, 5.74) is 1.71. The first-order valence-electron chi connectivity index (χ1n) is 6.92. The van der Waals surface area contributed by atoms with Crippen molar-refractivity contribution in [2.24, 2.45) is 0 Å². The van der Waals surface area contributed by atoms with Crippen molar-refractivity contribution in [1.29, 1.82) is 0 Å². The molecule has 2 rings (SSSR count). The van der Waals surface area contributed by atoms with E-state index in [9.17, 15) is 8.78 Å². The van der Waals surface area contributed by atoms with Crippen LogP contribution in [0, 0.1) is 18.6 Å². The molecule has 21 heavy (non-hydrogen) atoms. The first kappa shape index (κ1) is 15.4. The molecule has 112 valence electrons. The van der Waals surface area contributed by atoms with Crippen molar-refractivity contribution >= 4 is 0 Å². The van der Waals surface area contributed by atoms with Crippen LogP contribution in [0.15, 0.2) is 36.4 Å². The fourth-order valence-corrected chi connectivity index (χ4v) is 2.35. The van der Waals surface area contributed by atoms with Gasteiger partial charge in [-0.25, -0.2) is 8.78 Å². The predicted octanol–water partition coefficient (Wildman–Crippen LogP) is 3.98. The van der Waals surface area contributed by atoms with E-state index in [1.807, 2.05) is 31.2 Å². The largest absolute Gasteiger partial charge is 0.494 e. The minimum absolute atomic E-state index is 0.357. The summed E-state index contributed by atoms with van der Waals surface area (Å²) in [6.07, 6.45) is 0. The third-order valence-electron chi connectivity index (χ3n) is 3.38. The molecule has 1 unspecified atom stereocenters. The van der Waals surface area contributed by atoms with Crippen molar-refractivity contribution in [3.63, 3.8) is 0 Å². The van der Waals surface area contributed by atoms with Gasteiger partial charge in [0.15, 0.2) is 0 Å². The summed E-state index contributed by atoms with van der Waals surface area (Å²) in [6.45, 7) is 4.10. The molecule has 0 saturated carbocycles. The molecule has 2 aromatic rings. The number of ether oxygens (including phenoxy) is 1. The smallest absolute Gasteiger partial charge is 0.131 e. The van der Waals surface area contributed by atoms with Crippen LogP contribution in [0.25, 0.3) is 0 Å². The van der Waals surface area contributed by atoms with Gasteiger partial charge in [-0.1, -0.05) is 12.1 Å². The highest BCUT2D eigenvalue weighted by Gasteiger charge is 2.18. The van der Waals surface area contributed by atoms with E-state index in [1.54, 1.807) is 20.0 Å². The molecule has 0 bridgehead atoms. The third kappa shape index (κ3) is 3.39. The van der Waals surface area contributed by atoms with E-state index in [2.05, 4.69) is 5.32 Å². The Balaban J connectivity index is 2.44. The van der Waals surface area contributed by atoms with Gasteiger partial charge in [0.25, 0.3) is 0 Å². The first-order valence-corrected chi connectivity index (χ1v) is 6.92. The van der Waals surface area contributed by atoms with Crippen LogP contribution in [0.3, 0.4) is 0 Å². The average molecular weight is 291 g/mol. The molecule has 0 saturated heterocycles. The summed E-state index contributed by atoms with van der Waals surface area (Å²) in [4.78, 5) is 0. The van der Waals surface area contributed by atoms with Gasteiger partial charge in [0.1, 0.15) is 17.4 Å². The van der Waals surface area contributed by atoms with Gasteiger partial charge in [0.2, 0.25) is 0 Å². The van der Waals surface area contributed by atoms with Gasteiger partial charge in [-0.2, -0.15) is 0 Å². The summed E-state index contributed by atoms with van der Waals surface area (Å²) in [5.74, 6) is -0.358. The van der Waals surface area contributed by atoms with Gasteiger partial charge in [-0.15, -0.1) is 0 Å². The van der Waals surface area contributed by atoms with Gasteiger partial charge in [-0.05, 0) is 50.2 Å². The maximum absolute atomic E-state index is 14.1. The van der Waals surface area contributed by atoms with E-state index in [-0.39, 0.29) is 6.04 Å². The molecule has 0 heterocycles. The highest BCUT2D eigenvalue weighted by molar-refractivity contribution is 5.38. The van der Waals surface area contributed by atoms with Crippen molar-refractivity contribution in [2.75, 3.05) is 13.7 Å². The lowest BCUT2D eigenvalue weighted by Crippen LogP contribution is -2.19. The number of nitrogens with one attached hydrogen (secondary N) is 1. The molecule has 0 aromatic heterocycles. The van der Waals surface area contributed by atoms with Crippen LogP contribution >= 0.6 is 0 Å².